The molecule has 0 aliphatic carbocycles. The van der Waals surface area contributed by atoms with Gasteiger partial charge in [0, 0.05) is 17.7 Å². The first kappa shape index (κ1) is 23.8. The molecule has 0 radical (unpaired) electrons. The van der Waals surface area contributed by atoms with E-state index >= 15 is 0 Å². The molecule has 1 saturated heterocycles. The summed E-state index contributed by atoms with van der Waals surface area (Å²) in [5.41, 5.74) is 1.53. The number of aliphatic hydroxyl groups excluding tert-OH is 1. The molecule has 10 nitrogen and oxygen atoms in total. The van der Waals surface area contributed by atoms with Crippen LogP contribution in [0.15, 0.2) is 54.1 Å². The molecule has 178 valence electrons. The van der Waals surface area contributed by atoms with Gasteiger partial charge < -0.3 is 9.84 Å². The Kier molecular flexibility index (Phi) is 6.18. The lowest BCUT2D eigenvalue weighted by Crippen LogP contribution is -2.29. The molecule has 1 aromatic heterocycles. The summed E-state index contributed by atoms with van der Waals surface area (Å²) in [6.07, 6.45) is 0. The summed E-state index contributed by atoms with van der Waals surface area (Å²) in [6, 6.07) is 10.9. The topological polar surface area (TPSA) is 140 Å². The summed E-state index contributed by atoms with van der Waals surface area (Å²) in [5.74, 6) is -2.93. The van der Waals surface area contributed by atoms with Crippen molar-refractivity contribution in [1.82, 2.24) is 4.98 Å². The Hall–Kier alpha value is -4.38. The number of anilines is 1. The Morgan fingerprint density at radius 2 is 1.74 bits per heavy atom. The van der Waals surface area contributed by atoms with E-state index in [9.17, 15) is 29.6 Å². The van der Waals surface area contributed by atoms with Gasteiger partial charge in [-0.3, -0.25) is 24.6 Å². The van der Waals surface area contributed by atoms with Gasteiger partial charge in [0.2, 0.25) is 0 Å². The maximum Gasteiger partial charge on any atom is 0.350 e. The predicted molar refractivity (Wildman–Crippen MR) is 127 cm³/mol. The number of aryl methyl sites for hydroxylation is 2. The number of thiazole rings is 1. The minimum Gasteiger partial charge on any atom is -0.507 e. The van der Waals surface area contributed by atoms with E-state index in [1.165, 1.54) is 31.4 Å². The van der Waals surface area contributed by atoms with Crippen LogP contribution in [0.25, 0.3) is 5.76 Å². The molecular formula is C24H19N3O7S. The molecule has 1 unspecified atom stereocenters. The normalized spacial score (nSPS) is 17.0. The highest BCUT2D eigenvalue weighted by molar-refractivity contribution is 7.17. The largest absolute Gasteiger partial charge is 0.507 e. The van der Waals surface area contributed by atoms with Gasteiger partial charge in [-0.25, -0.2) is 9.78 Å². The molecule has 1 fully saturated rings. The lowest BCUT2D eigenvalue weighted by atomic mass is 9.95. The zero-order valence-electron chi connectivity index (χ0n) is 18.8. The van der Waals surface area contributed by atoms with Crippen LogP contribution in [0.3, 0.4) is 0 Å². The number of aromatic nitrogens is 1. The van der Waals surface area contributed by atoms with Crippen molar-refractivity contribution in [2.75, 3.05) is 12.0 Å². The van der Waals surface area contributed by atoms with Crippen LogP contribution in [0, 0.1) is 24.0 Å². The molecule has 4 rings (SSSR count). The van der Waals surface area contributed by atoms with E-state index in [-0.39, 0.29) is 21.3 Å². The number of aliphatic hydroxyl groups is 1. The van der Waals surface area contributed by atoms with E-state index in [0.29, 0.717) is 16.8 Å². The summed E-state index contributed by atoms with van der Waals surface area (Å²) in [7, 11) is 1.21. The van der Waals surface area contributed by atoms with Gasteiger partial charge in [0.15, 0.2) is 5.13 Å². The van der Waals surface area contributed by atoms with Crippen molar-refractivity contribution >= 4 is 45.6 Å². The molecule has 0 bridgehead atoms. The summed E-state index contributed by atoms with van der Waals surface area (Å²) >= 11 is 0.868. The number of carbonyl (C=O) groups is 3. The molecule has 1 atom stereocenters. The molecule has 0 saturated carbocycles. The second-order valence-corrected chi connectivity index (χ2v) is 8.76. The monoisotopic (exact) mass is 493 g/mol. The Morgan fingerprint density at radius 1 is 1.11 bits per heavy atom. The Morgan fingerprint density at radius 3 is 2.31 bits per heavy atom. The number of carbonyl (C=O) groups excluding carboxylic acids is 3. The van der Waals surface area contributed by atoms with Crippen LogP contribution in [0.4, 0.5) is 10.8 Å². The van der Waals surface area contributed by atoms with E-state index in [1.54, 1.807) is 31.2 Å². The number of nitro benzene ring substituents is 1. The van der Waals surface area contributed by atoms with Crippen LogP contribution in [-0.2, 0) is 14.3 Å². The first-order valence-corrected chi connectivity index (χ1v) is 11.1. The van der Waals surface area contributed by atoms with Gasteiger partial charge in [-0.1, -0.05) is 41.2 Å². The second-order valence-electron chi connectivity index (χ2n) is 7.79. The maximum absolute atomic E-state index is 13.2. The summed E-state index contributed by atoms with van der Waals surface area (Å²) in [6.45, 7) is 3.43. The Labute approximate surface area is 203 Å². The van der Waals surface area contributed by atoms with E-state index in [1.807, 2.05) is 6.92 Å². The van der Waals surface area contributed by atoms with E-state index in [2.05, 4.69) is 4.98 Å². The van der Waals surface area contributed by atoms with Crippen LogP contribution in [-0.4, -0.2) is 39.8 Å². The number of hydrogen-bond acceptors (Lipinski definition) is 9. The second kappa shape index (κ2) is 9.11. The van der Waals surface area contributed by atoms with Gasteiger partial charge in [0.25, 0.3) is 11.5 Å². The van der Waals surface area contributed by atoms with Crippen molar-refractivity contribution in [3.8, 4) is 0 Å². The standard InChI is InChI=1S/C24H19N3O7S/c1-12-4-6-15(7-5-12)19(28)17-18(14-8-10-16(11-9-14)27(32)33)26(22(30)20(17)29)24-25-13(2)21(35-24)23(31)34-3/h4-11,18,28H,1-3H3/b19-17-. The van der Waals surface area contributed by atoms with Crippen LogP contribution >= 0.6 is 11.3 Å². The van der Waals surface area contributed by atoms with Crippen molar-refractivity contribution in [1.29, 1.82) is 0 Å². The maximum atomic E-state index is 13.2. The molecule has 1 aliphatic rings. The zero-order valence-corrected chi connectivity index (χ0v) is 19.7. The fourth-order valence-corrected chi connectivity index (χ4v) is 4.77. The third-order valence-corrected chi connectivity index (χ3v) is 6.69. The minimum atomic E-state index is -1.13. The smallest absolute Gasteiger partial charge is 0.350 e. The quantitative estimate of drug-likeness (QED) is 0.140. The van der Waals surface area contributed by atoms with Crippen molar-refractivity contribution < 1.29 is 29.2 Å². The third kappa shape index (κ3) is 4.17. The summed E-state index contributed by atoms with van der Waals surface area (Å²) < 4.78 is 4.76. The number of ether oxygens (including phenoxy) is 1. The lowest BCUT2D eigenvalue weighted by molar-refractivity contribution is -0.384. The first-order valence-electron chi connectivity index (χ1n) is 10.3. The highest BCUT2D eigenvalue weighted by atomic mass is 32.1. The lowest BCUT2D eigenvalue weighted by Gasteiger charge is -2.23. The van der Waals surface area contributed by atoms with Crippen molar-refractivity contribution in [3.63, 3.8) is 0 Å². The van der Waals surface area contributed by atoms with Crippen molar-refractivity contribution in [2.24, 2.45) is 0 Å². The molecular weight excluding hydrogens is 474 g/mol. The van der Waals surface area contributed by atoms with E-state index < -0.39 is 34.4 Å². The highest BCUT2D eigenvalue weighted by Crippen LogP contribution is 2.44. The SMILES string of the molecule is COC(=O)c1sc(N2C(=O)C(=O)/C(=C(\O)c3ccc(C)cc3)C2c2ccc([N+](=O)[O-])cc2)nc1C. The van der Waals surface area contributed by atoms with Crippen LogP contribution < -0.4 is 4.90 Å². The van der Waals surface area contributed by atoms with Crippen molar-refractivity contribution in [3.05, 3.63) is 91.5 Å². The first-order chi connectivity index (χ1) is 16.6. The van der Waals surface area contributed by atoms with Gasteiger partial charge in [-0.2, -0.15) is 0 Å². The zero-order chi connectivity index (χ0) is 25.4. The average molecular weight is 493 g/mol. The Balaban J connectivity index is 1.93. The predicted octanol–water partition coefficient (Wildman–Crippen LogP) is 4.08. The number of nitro groups is 1. The average Bonchev–Trinajstić information content (AvgIpc) is 3.35. The van der Waals surface area contributed by atoms with Gasteiger partial charge >= 0.3 is 11.9 Å². The van der Waals surface area contributed by atoms with Crippen LogP contribution in [0.1, 0.15) is 38.1 Å². The van der Waals surface area contributed by atoms with Gasteiger partial charge in [0.1, 0.15) is 10.6 Å². The third-order valence-electron chi connectivity index (χ3n) is 5.55. The molecule has 0 spiro atoms. The fraction of sp³-hybridized carbons (Fsp3) is 0.167. The number of esters is 1. The molecule has 11 heteroatoms. The fourth-order valence-electron chi connectivity index (χ4n) is 3.76. The van der Waals surface area contributed by atoms with E-state index in [4.69, 9.17) is 4.74 Å². The number of hydrogen-bond donors (Lipinski definition) is 1. The molecule has 1 amide bonds. The number of amides is 1. The minimum absolute atomic E-state index is 0.0521. The van der Waals surface area contributed by atoms with Crippen LogP contribution in [0.5, 0.6) is 0 Å². The molecule has 2 heterocycles. The molecule has 1 aliphatic heterocycles. The number of benzene rings is 2. The molecule has 3 aromatic rings. The number of rotatable bonds is 5. The number of ketones is 1. The van der Waals surface area contributed by atoms with Gasteiger partial charge in [0.05, 0.1) is 29.3 Å². The summed E-state index contributed by atoms with van der Waals surface area (Å²) in [4.78, 5) is 54.6. The molecule has 35 heavy (non-hydrogen) atoms. The van der Waals surface area contributed by atoms with Gasteiger partial charge in [-0.05, 0) is 31.5 Å². The number of Topliss-reactive ketones (excluding diaryl/α,β-unsaturated/α-hetero) is 1. The van der Waals surface area contributed by atoms with Crippen molar-refractivity contribution in [2.45, 2.75) is 19.9 Å². The molecule has 2 aromatic carbocycles. The highest BCUT2D eigenvalue weighted by Gasteiger charge is 2.48. The number of non-ortho nitro benzene ring substituents is 1. The van der Waals surface area contributed by atoms with Crippen LogP contribution in [0.2, 0.25) is 0 Å². The molecule has 1 N–H and O–H groups in total. The van der Waals surface area contributed by atoms with Gasteiger partial charge in [-0.15, -0.1) is 0 Å². The number of methoxy groups -OCH3 is 1. The van der Waals surface area contributed by atoms with E-state index in [0.717, 1.165) is 21.8 Å². The summed E-state index contributed by atoms with van der Waals surface area (Å²) in [5, 5.41) is 22.3. The Bertz CT molecular complexity index is 1390. The number of nitrogens with zero attached hydrogens (tertiary/aromatic N) is 3.